The van der Waals surface area contributed by atoms with Crippen molar-refractivity contribution in [3.8, 4) is 0 Å². The molecule has 17 heavy (non-hydrogen) atoms. The molecule has 0 radical (unpaired) electrons. The topological polar surface area (TPSA) is 26.3 Å². The number of carbonyl (C=O) groups excluding carboxylic acids is 1. The number of hydrogen-bond donors (Lipinski definition) is 0. The zero-order valence-corrected chi connectivity index (χ0v) is 13.5. The van der Waals surface area contributed by atoms with E-state index in [0.717, 1.165) is 12.0 Å². The molecule has 0 amide bonds. The van der Waals surface area contributed by atoms with Gasteiger partial charge in [-0.15, -0.1) is 6.58 Å². The third-order valence-corrected chi connectivity index (χ3v) is 7.89. The lowest BCUT2D eigenvalue weighted by Gasteiger charge is -2.39. The van der Waals surface area contributed by atoms with Crippen LogP contribution in [0.25, 0.3) is 0 Å². The maximum Gasteiger partial charge on any atom is 0.192 e. The summed E-state index contributed by atoms with van der Waals surface area (Å²) >= 11 is 0. The van der Waals surface area contributed by atoms with Crippen LogP contribution in [0.4, 0.5) is 0 Å². The fourth-order valence-electron chi connectivity index (χ4n) is 1.46. The maximum absolute atomic E-state index is 11.3. The van der Waals surface area contributed by atoms with Gasteiger partial charge in [0.15, 0.2) is 8.32 Å². The molecule has 0 aliphatic carbocycles. The molecule has 0 bridgehead atoms. The number of carbonyl (C=O) groups is 1. The summed E-state index contributed by atoms with van der Waals surface area (Å²) in [5, 5.41) is 0.178. The van der Waals surface area contributed by atoms with E-state index in [-0.39, 0.29) is 16.9 Å². The van der Waals surface area contributed by atoms with E-state index in [1.165, 1.54) is 0 Å². The third kappa shape index (κ3) is 6.17. The summed E-state index contributed by atoms with van der Waals surface area (Å²) in [5.74, 6) is 0.190. The fraction of sp³-hybridized carbons (Fsp3) is 0.786. The first-order valence-corrected chi connectivity index (χ1v) is 9.18. The molecule has 1 atom stereocenters. The first kappa shape index (κ1) is 16.6. The van der Waals surface area contributed by atoms with Gasteiger partial charge in [0.05, 0.1) is 6.10 Å². The Morgan fingerprint density at radius 3 is 2.00 bits per heavy atom. The van der Waals surface area contributed by atoms with Crippen molar-refractivity contribution in [3.63, 3.8) is 0 Å². The summed E-state index contributed by atoms with van der Waals surface area (Å²) in [6.07, 6.45) is 1.29. The molecule has 0 N–H and O–H groups in total. The van der Waals surface area contributed by atoms with E-state index in [1.54, 1.807) is 6.92 Å². The van der Waals surface area contributed by atoms with Gasteiger partial charge >= 0.3 is 0 Å². The highest BCUT2D eigenvalue weighted by molar-refractivity contribution is 6.74. The van der Waals surface area contributed by atoms with Crippen LogP contribution in [0.5, 0.6) is 0 Å². The standard InChI is InChI=1S/C14H28O2Si/c1-11(2)9-13(10-12(3)15)16-17(7,8)14(4,5)6/h13H,1,9-10H2,2-8H3. The largest absolute Gasteiger partial charge is 0.413 e. The predicted molar refractivity (Wildman–Crippen MR) is 76.8 cm³/mol. The molecule has 100 valence electrons. The summed E-state index contributed by atoms with van der Waals surface area (Å²) < 4.78 is 6.28. The van der Waals surface area contributed by atoms with E-state index in [2.05, 4.69) is 40.4 Å². The Bertz CT molecular complexity index is 271. The van der Waals surface area contributed by atoms with E-state index >= 15 is 0 Å². The molecule has 0 fully saturated rings. The summed E-state index contributed by atoms with van der Waals surface area (Å²) in [7, 11) is -1.79. The van der Waals surface area contributed by atoms with Crippen molar-refractivity contribution >= 4 is 14.1 Å². The van der Waals surface area contributed by atoms with E-state index in [0.29, 0.717) is 6.42 Å². The minimum atomic E-state index is -1.79. The highest BCUT2D eigenvalue weighted by atomic mass is 28.4. The summed E-state index contributed by atoms with van der Waals surface area (Å²) in [4.78, 5) is 11.3. The van der Waals surface area contributed by atoms with Crippen molar-refractivity contribution in [1.82, 2.24) is 0 Å². The highest BCUT2D eigenvalue weighted by Crippen LogP contribution is 2.38. The van der Waals surface area contributed by atoms with Crippen molar-refractivity contribution in [2.75, 3.05) is 0 Å². The summed E-state index contributed by atoms with van der Waals surface area (Å²) in [6.45, 7) is 18.6. The molecule has 0 aromatic heterocycles. The second-order valence-corrected chi connectivity index (χ2v) is 11.3. The molecule has 0 aliphatic heterocycles. The van der Waals surface area contributed by atoms with Crippen molar-refractivity contribution in [2.24, 2.45) is 0 Å². The fourth-order valence-corrected chi connectivity index (χ4v) is 2.81. The summed E-state index contributed by atoms with van der Waals surface area (Å²) in [5.41, 5.74) is 1.08. The van der Waals surface area contributed by atoms with Crippen LogP contribution < -0.4 is 0 Å². The molecule has 0 aliphatic rings. The number of rotatable bonds is 6. The number of ketones is 1. The molecule has 0 rings (SSSR count). The molecule has 0 aromatic rings. The van der Waals surface area contributed by atoms with Gasteiger partial charge in [0.1, 0.15) is 5.78 Å². The Morgan fingerprint density at radius 2 is 1.71 bits per heavy atom. The van der Waals surface area contributed by atoms with Gasteiger partial charge in [-0.2, -0.15) is 0 Å². The van der Waals surface area contributed by atoms with Crippen LogP contribution in [0, 0.1) is 0 Å². The normalized spacial score (nSPS) is 14.5. The van der Waals surface area contributed by atoms with Crippen molar-refractivity contribution in [3.05, 3.63) is 12.2 Å². The smallest absolute Gasteiger partial charge is 0.192 e. The summed E-state index contributed by atoms with van der Waals surface area (Å²) in [6, 6.07) is 0. The highest BCUT2D eigenvalue weighted by Gasteiger charge is 2.39. The second kappa shape index (κ2) is 5.96. The van der Waals surface area contributed by atoms with Crippen LogP contribution >= 0.6 is 0 Å². The minimum absolute atomic E-state index is 0.00546. The van der Waals surface area contributed by atoms with Crippen LogP contribution in [0.1, 0.15) is 47.5 Å². The van der Waals surface area contributed by atoms with Gasteiger partial charge in [0.2, 0.25) is 0 Å². The molecular weight excluding hydrogens is 228 g/mol. The second-order valence-electron chi connectivity index (χ2n) is 6.57. The van der Waals surface area contributed by atoms with Gasteiger partial charge < -0.3 is 4.43 Å². The third-order valence-electron chi connectivity index (χ3n) is 3.36. The van der Waals surface area contributed by atoms with Gasteiger partial charge in [-0.25, -0.2) is 0 Å². The number of hydrogen-bond acceptors (Lipinski definition) is 2. The zero-order chi connectivity index (χ0) is 13.9. The Labute approximate surface area is 108 Å². The van der Waals surface area contributed by atoms with Crippen LogP contribution in [-0.4, -0.2) is 20.2 Å². The van der Waals surface area contributed by atoms with Crippen LogP contribution in [0.2, 0.25) is 18.1 Å². The van der Waals surface area contributed by atoms with E-state index < -0.39 is 8.32 Å². The number of Topliss-reactive ketones (excluding diaryl/α,β-unsaturated/α-hetero) is 1. The van der Waals surface area contributed by atoms with Crippen LogP contribution in [0.15, 0.2) is 12.2 Å². The Balaban J connectivity index is 4.73. The Hall–Kier alpha value is -0.413. The minimum Gasteiger partial charge on any atom is -0.413 e. The van der Waals surface area contributed by atoms with Gasteiger partial charge in [0, 0.05) is 6.42 Å². The maximum atomic E-state index is 11.3. The molecule has 0 spiro atoms. The van der Waals surface area contributed by atoms with E-state index in [4.69, 9.17) is 4.43 Å². The average molecular weight is 256 g/mol. The molecular formula is C14H28O2Si. The van der Waals surface area contributed by atoms with Gasteiger partial charge in [-0.05, 0) is 38.4 Å². The molecule has 0 saturated carbocycles. The zero-order valence-electron chi connectivity index (χ0n) is 12.5. The first-order valence-electron chi connectivity index (χ1n) is 6.27. The SMILES string of the molecule is C=C(C)CC(CC(C)=O)O[Si](C)(C)C(C)(C)C. The monoisotopic (exact) mass is 256 g/mol. The molecule has 3 heteroatoms. The Morgan fingerprint density at radius 1 is 1.24 bits per heavy atom. The molecule has 0 heterocycles. The van der Waals surface area contributed by atoms with Crippen molar-refractivity contribution in [2.45, 2.75) is 71.7 Å². The molecule has 0 saturated heterocycles. The lowest BCUT2D eigenvalue weighted by Crippen LogP contribution is -2.44. The molecule has 1 unspecified atom stereocenters. The van der Waals surface area contributed by atoms with Gasteiger partial charge in [0.25, 0.3) is 0 Å². The average Bonchev–Trinajstić information content (AvgIpc) is 1.96. The lowest BCUT2D eigenvalue weighted by atomic mass is 10.1. The predicted octanol–water partition coefficient (Wildman–Crippen LogP) is 4.32. The lowest BCUT2D eigenvalue weighted by molar-refractivity contribution is -0.118. The molecule has 0 aromatic carbocycles. The van der Waals surface area contributed by atoms with Crippen LogP contribution in [0.3, 0.4) is 0 Å². The van der Waals surface area contributed by atoms with Crippen molar-refractivity contribution in [1.29, 1.82) is 0 Å². The van der Waals surface area contributed by atoms with E-state index in [9.17, 15) is 4.79 Å². The van der Waals surface area contributed by atoms with E-state index in [1.807, 2.05) is 6.92 Å². The molecule has 2 nitrogen and oxygen atoms in total. The van der Waals surface area contributed by atoms with Gasteiger partial charge in [-0.3, -0.25) is 4.79 Å². The van der Waals surface area contributed by atoms with Crippen LogP contribution in [-0.2, 0) is 9.22 Å². The quantitative estimate of drug-likeness (QED) is 0.522. The Kier molecular flexibility index (Phi) is 5.82. The van der Waals surface area contributed by atoms with Crippen molar-refractivity contribution < 1.29 is 9.22 Å². The first-order chi connectivity index (χ1) is 7.45. The van der Waals surface area contributed by atoms with Gasteiger partial charge in [-0.1, -0.05) is 26.3 Å².